The standard InChI is InChI=1S/C11H12N4O3/c12-8-9-1-2-10(7-11(9)15(16)17)13-14-3-5-18-6-4-14/h1-2,7,13H,3-6H2. The van der Waals surface area contributed by atoms with E-state index in [2.05, 4.69) is 5.43 Å². The van der Waals surface area contributed by atoms with Crippen molar-refractivity contribution in [3.8, 4) is 6.07 Å². The number of hydrogen-bond acceptors (Lipinski definition) is 6. The van der Waals surface area contributed by atoms with Crippen molar-refractivity contribution in [3.05, 3.63) is 33.9 Å². The van der Waals surface area contributed by atoms with Crippen LogP contribution in [0.15, 0.2) is 18.2 Å². The maximum atomic E-state index is 10.8. The molecule has 2 rings (SSSR count). The first-order valence-corrected chi connectivity index (χ1v) is 5.48. The van der Waals surface area contributed by atoms with Crippen LogP contribution in [-0.4, -0.2) is 36.2 Å². The van der Waals surface area contributed by atoms with E-state index in [4.69, 9.17) is 10.00 Å². The molecule has 0 saturated carbocycles. The molecule has 0 amide bonds. The second-order valence-electron chi connectivity index (χ2n) is 3.81. The molecule has 1 saturated heterocycles. The van der Waals surface area contributed by atoms with Crippen LogP contribution in [0.5, 0.6) is 0 Å². The number of morpholine rings is 1. The molecule has 1 aliphatic heterocycles. The highest BCUT2D eigenvalue weighted by Crippen LogP contribution is 2.22. The maximum Gasteiger partial charge on any atom is 0.289 e. The molecule has 0 atom stereocenters. The van der Waals surface area contributed by atoms with Gasteiger partial charge in [-0.3, -0.25) is 10.1 Å². The Balaban J connectivity index is 2.16. The van der Waals surface area contributed by atoms with Crippen molar-refractivity contribution >= 4 is 11.4 Å². The largest absolute Gasteiger partial charge is 0.379 e. The molecule has 7 heteroatoms. The van der Waals surface area contributed by atoms with E-state index in [1.165, 1.54) is 12.1 Å². The fourth-order valence-electron chi connectivity index (χ4n) is 1.70. The Morgan fingerprint density at radius 2 is 2.17 bits per heavy atom. The topological polar surface area (TPSA) is 91.4 Å². The van der Waals surface area contributed by atoms with Crippen molar-refractivity contribution in [2.75, 3.05) is 31.7 Å². The van der Waals surface area contributed by atoms with E-state index in [9.17, 15) is 10.1 Å². The number of anilines is 1. The van der Waals surface area contributed by atoms with Gasteiger partial charge in [-0.25, -0.2) is 5.01 Å². The number of nitriles is 1. The molecule has 0 spiro atoms. The summed E-state index contributed by atoms with van der Waals surface area (Å²) in [4.78, 5) is 10.3. The van der Waals surface area contributed by atoms with E-state index in [-0.39, 0.29) is 11.3 Å². The van der Waals surface area contributed by atoms with Gasteiger partial charge < -0.3 is 10.2 Å². The second kappa shape index (κ2) is 5.44. The number of nitro benzene ring substituents is 1. The molecular formula is C11H12N4O3. The predicted octanol–water partition coefficient (Wildman–Crippen LogP) is 1.13. The number of nitrogens with zero attached hydrogens (tertiary/aromatic N) is 3. The number of benzene rings is 1. The SMILES string of the molecule is N#Cc1ccc(NN2CCOCC2)cc1[N+](=O)[O-]. The minimum Gasteiger partial charge on any atom is -0.379 e. The third kappa shape index (κ3) is 2.74. The molecule has 0 bridgehead atoms. The first-order valence-electron chi connectivity index (χ1n) is 5.48. The summed E-state index contributed by atoms with van der Waals surface area (Å²) >= 11 is 0. The Morgan fingerprint density at radius 1 is 1.44 bits per heavy atom. The molecule has 1 aromatic rings. The zero-order valence-electron chi connectivity index (χ0n) is 9.63. The monoisotopic (exact) mass is 248 g/mol. The molecule has 0 aromatic heterocycles. The van der Waals surface area contributed by atoms with Gasteiger partial charge >= 0.3 is 0 Å². The summed E-state index contributed by atoms with van der Waals surface area (Å²) in [5.41, 5.74) is 3.54. The number of nitro groups is 1. The number of hydrazine groups is 1. The van der Waals surface area contributed by atoms with Gasteiger partial charge in [-0.15, -0.1) is 0 Å². The molecule has 1 heterocycles. The smallest absolute Gasteiger partial charge is 0.289 e. The van der Waals surface area contributed by atoms with Crippen LogP contribution in [0.1, 0.15) is 5.56 Å². The molecular weight excluding hydrogens is 236 g/mol. The Hall–Kier alpha value is -2.17. The maximum absolute atomic E-state index is 10.8. The van der Waals surface area contributed by atoms with Gasteiger partial charge in [0, 0.05) is 19.2 Å². The van der Waals surface area contributed by atoms with E-state index in [1.807, 2.05) is 5.01 Å². The fraction of sp³-hybridized carbons (Fsp3) is 0.364. The summed E-state index contributed by atoms with van der Waals surface area (Å²) in [5.74, 6) is 0. The lowest BCUT2D eigenvalue weighted by Crippen LogP contribution is -2.40. The third-order valence-electron chi connectivity index (χ3n) is 2.61. The Morgan fingerprint density at radius 3 is 2.78 bits per heavy atom. The van der Waals surface area contributed by atoms with Crippen molar-refractivity contribution in [1.29, 1.82) is 5.26 Å². The number of rotatable bonds is 3. The summed E-state index contributed by atoms with van der Waals surface area (Å²) in [6, 6.07) is 6.27. The van der Waals surface area contributed by atoms with E-state index in [1.54, 1.807) is 12.1 Å². The molecule has 18 heavy (non-hydrogen) atoms. The lowest BCUT2D eigenvalue weighted by Gasteiger charge is -2.27. The normalized spacial score (nSPS) is 15.9. The van der Waals surface area contributed by atoms with Crippen molar-refractivity contribution in [1.82, 2.24) is 5.01 Å². The molecule has 0 aliphatic carbocycles. The summed E-state index contributed by atoms with van der Waals surface area (Å²) in [6.45, 7) is 2.69. The molecule has 0 radical (unpaired) electrons. The van der Waals surface area contributed by atoms with Crippen LogP contribution in [0.4, 0.5) is 11.4 Å². The highest BCUT2D eigenvalue weighted by atomic mass is 16.6. The minimum atomic E-state index is -0.553. The highest BCUT2D eigenvalue weighted by molar-refractivity contribution is 5.58. The fourth-order valence-corrected chi connectivity index (χ4v) is 1.70. The van der Waals surface area contributed by atoms with Crippen LogP contribution < -0.4 is 5.43 Å². The van der Waals surface area contributed by atoms with Crippen molar-refractivity contribution < 1.29 is 9.66 Å². The summed E-state index contributed by atoms with van der Waals surface area (Å²) in [7, 11) is 0. The van der Waals surface area contributed by atoms with Gasteiger partial charge in [-0.1, -0.05) is 0 Å². The van der Waals surface area contributed by atoms with E-state index >= 15 is 0 Å². The molecule has 1 aliphatic rings. The van der Waals surface area contributed by atoms with Crippen molar-refractivity contribution in [3.63, 3.8) is 0 Å². The molecule has 1 aromatic carbocycles. The van der Waals surface area contributed by atoms with Crippen molar-refractivity contribution in [2.45, 2.75) is 0 Å². The van der Waals surface area contributed by atoms with Crippen molar-refractivity contribution in [2.24, 2.45) is 0 Å². The first kappa shape index (κ1) is 12.3. The Kier molecular flexibility index (Phi) is 3.72. The van der Waals surface area contributed by atoms with Gasteiger partial charge in [0.15, 0.2) is 0 Å². The quantitative estimate of drug-likeness (QED) is 0.636. The lowest BCUT2D eigenvalue weighted by atomic mass is 10.2. The van der Waals surface area contributed by atoms with E-state index < -0.39 is 4.92 Å². The van der Waals surface area contributed by atoms with Crippen LogP contribution in [0.3, 0.4) is 0 Å². The first-order chi connectivity index (χ1) is 8.70. The summed E-state index contributed by atoms with van der Waals surface area (Å²) in [6.07, 6.45) is 0. The van der Waals surface area contributed by atoms with Crippen LogP contribution in [0, 0.1) is 21.4 Å². The van der Waals surface area contributed by atoms with Gasteiger partial charge in [-0.05, 0) is 12.1 Å². The number of ether oxygens (including phenoxy) is 1. The Labute approximate surface area is 104 Å². The molecule has 94 valence electrons. The average Bonchev–Trinajstić information content (AvgIpc) is 2.40. The lowest BCUT2D eigenvalue weighted by molar-refractivity contribution is -0.385. The molecule has 7 nitrogen and oxygen atoms in total. The molecule has 1 N–H and O–H groups in total. The zero-order chi connectivity index (χ0) is 13.0. The molecule has 0 unspecified atom stereocenters. The van der Waals surface area contributed by atoms with Gasteiger partial charge in [0.25, 0.3) is 5.69 Å². The van der Waals surface area contributed by atoms with Gasteiger partial charge in [-0.2, -0.15) is 5.26 Å². The summed E-state index contributed by atoms with van der Waals surface area (Å²) in [5, 5.41) is 21.5. The third-order valence-corrected chi connectivity index (χ3v) is 2.61. The zero-order valence-corrected chi connectivity index (χ0v) is 9.63. The summed E-state index contributed by atoms with van der Waals surface area (Å²) < 4.78 is 5.20. The average molecular weight is 248 g/mol. The van der Waals surface area contributed by atoms with Crippen LogP contribution >= 0.6 is 0 Å². The second-order valence-corrected chi connectivity index (χ2v) is 3.81. The predicted molar refractivity (Wildman–Crippen MR) is 63.8 cm³/mol. The Bertz CT molecular complexity index is 492. The van der Waals surface area contributed by atoms with Crippen LogP contribution in [0.2, 0.25) is 0 Å². The van der Waals surface area contributed by atoms with E-state index in [0.717, 1.165) is 0 Å². The number of nitrogens with one attached hydrogen (secondary N) is 1. The highest BCUT2D eigenvalue weighted by Gasteiger charge is 2.16. The van der Waals surface area contributed by atoms with Gasteiger partial charge in [0.2, 0.25) is 0 Å². The van der Waals surface area contributed by atoms with E-state index in [0.29, 0.717) is 32.0 Å². The molecule has 1 fully saturated rings. The van der Waals surface area contributed by atoms with Gasteiger partial charge in [0.1, 0.15) is 11.6 Å². The number of hydrogen-bond donors (Lipinski definition) is 1. The van der Waals surface area contributed by atoms with Crippen LogP contribution in [0.25, 0.3) is 0 Å². The minimum absolute atomic E-state index is 0.0625. The van der Waals surface area contributed by atoms with Gasteiger partial charge in [0.05, 0.1) is 23.8 Å². The van der Waals surface area contributed by atoms with Crippen LogP contribution in [-0.2, 0) is 4.74 Å².